The molecular formula is C29H31N5O3. The second kappa shape index (κ2) is 10.3. The highest BCUT2D eigenvalue weighted by Crippen LogP contribution is 2.26. The summed E-state index contributed by atoms with van der Waals surface area (Å²) in [7, 11) is 0. The second-order valence-electron chi connectivity index (χ2n) is 9.37. The molecule has 1 aromatic heterocycles. The van der Waals surface area contributed by atoms with Gasteiger partial charge in [0.1, 0.15) is 11.5 Å². The molecule has 0 spiro atoms. The van der Waals surface area contributed by atoms with Gasteiger partial charge in [0.15, 0.2) is 0 Å². The highest BCUT2D eigenvalue weighted by molar-refractivity contribution is 6.02. The molecule has 8 heteroatoms. The lowest BCUT2D eigenvalue weighted by Crippen LogP contribution is -2.47. The fourth-order valence-corrected chi connectivity index (χ4v) is 5.06. The molecule has 0 bridgehead atoms. The molecule has 1 saturated heterocycles. The second-order valence-corrected chi connectivity index (χ2v) is 9.37. The monoisotopic (exact) mass is 497 g/mol. The maximum atomic E-state index is 13.6. The zero-order valence-corrected chi connectivity index (χ0v) is 20.9. The van der Waals surface area contributed by atoms with Crippen LogP contribution in [-0.4, -0.2) is 53.0 Å². The van der Waals surface area contributed by atoms with Gasteiger partial charge in [0.2, 0.25) is 0 Å². The van der Waals surface area contributed by atoms with Crippen molar-refractivity contribution in [1.29, 1.82) is 5.41 Å². The molecule has 8 nitrogen and oxygen atoms in total. The Hall–Kier alpha value is -4.33. The number of rotatable bonds is 6. The third kappa shape index (κ3) is 5.00. The third-order valence-electron chi connectivity index (χ3n) is 7.01. The average Bonchev–Trinajstić information content (AvgIpc) is 3.27. The van der Waals surface area contributed by atoms with Crippen LogP contribution < -0.4 is 11.1 Å². The van der Waals surface area contributed by atoms with Gasteiger partial charge in [-0.05, 0) is 48.2 Å². The van der Waals surface area contributed by atoms with Crippen molar-refractivity contribution in [3.05, 3.63) is 83.6 Å². The molecular weight excluding hydrogens is 466 g/mol. The Balaban J connectivity index is 1.46. The first-order valence-electron chi connectivity index (χ1n) is 12.6. The van der Waals surface area contributed by atoms with E-state index < -0.39 is 0 Å². The quantitative estimate of drug-likeness (QED) is 0.269. The summed E-state index contributed by atoms with van der Waals surface area (Å²) in [4.78, 5) is 27.3. The molecule has 5 rings (SSSR count). The smallest absolute Gasteiger partial charge is 0.409 e. The molecule has 0 aliphatic carbocycles. The number of hydrogen-bond acceptors (Lipinski definition) is 4. The summed E-state index contributed by atoms with van der Waals surface area (Å²) < 4.78 is 7.11. The summed E-state index contributed by atoms with van der Waals surface area (Å²) in [6.45, 7) is 3.73. The topological polar surface area (TPSA) is 113 Å². The number of nitrogens with one attached hydrogen (secondary N) is 2. The van der Waals surface area contributed by atoms with Gasteiger partial charge < -0.3 is 25.3 Å². The average molecular weight is 498 g/mol. The minimum Gasteiger partial charge on any atom is -0.450 e. The van der Waals surface area contributed by atoms with Gasteiger partial charge in [-0.2, -0.15) is 0 Å². The molecule has 1 aliphatic rings. The number of aromatic nitrogens is 1. The number of carbonyl (C=O) groups excluding carboxylic acids is 2. The van der Waals surface area contributed by atoms with Crippen LogP contribution in [0.15, 0.2) is 66.7 Å². The predicted molar refractivity (Wildman–Crippen MR) is 145 cm³/mol. The van der Waals surface area contributed by atoms with Crippen LogP contribution in [0.1, 0.15) is 41.4 Å². The number of nitrogen functional groups attached to an aromatic ring is 1. The van der Waals surface area contributed by atoms with E-state index in [1.165, 1.54) is 0 Å². The fraction of sp³-hybridized carbons (Fsp3) is 0.276. The van der Waals surface area contributed by atoms with Crippen molar-refractivity contribution >= 4 is 39.5 Å². The Bertz CT molecular complexity index is 1480. The number of benzene rings is 3. The van der Waals surface area contributed by atoms with Gasteiger partial charge in [-0.15, -0.1) is 0 Å². The van der Waals surface area contributed by atoms with Crippen LogP contribution in [0.25, 0.3) is 21.7 Å². The predicted octanol–water partition coefficient (Wildman–Crippen LogP) is 4.48. The SMILES string of the molecule is CCOC(=O)N1CCC(NC(=O)c2cc3ccc(C(=N)N)cc3n2Cc2cccc3ccccc23)CC1. The molecule has 3 aromatic carbocycles. The minimum absolute atomic E-state index is 0.0147. The normalized spacial score (nSPS) is 14.1. The molecule has 37 heavy (non-hydrogen) atoms. The molecule has 0 atom stereocenters. The Labute approximate surface area is 215 Å². The van der Waals surface area contributed by atoms with Gasteiger partial charge in [-0.1, -0.05) is 54.6 Å². The van der Waals surface area contributed by atoms with E-state index in [4.69, 9.17) is 15.9 Å². The summed E-state index contributed by atoms with van der Waals surface area (Å²) >= 11 is 0. The first-order valence-corrected chi connectivity index (χ1v) is 12.6. The highest BCUT2D eigenvalue weighted by Gasteiger charge is 2.26. The van der Waals surface area contributed by atoms with E-state index >= 15 is 0 Å². The number of likely N-dealkylation sites (tertiary alicyclic amines) is 1. The van der Waals surface area contributed by atoms with E-state index in [0.717, 1.165) is 27.2 Å². The minimum atomic E-state index is -0.302. The summed E-state index contributed by atoms with van der Waals surface area (Å²) in [6, 6.07) is 21.8. The molecule has 1 fully saturated rings. The molecule has 2 amide bonds. The number of nitrogens with zero attached hydrogens (tertiary/aromatic N) is 2. The van der Waals surface area contributed by atoms with E-state index in [0.29, 0.717) is 50.3 Å². The number of carbonyl (C=O) groups is 2. The van der Waals surface area contributed by atoms with Crippen molar-refractivity contribution in [3.63, 3.8) is 0 Å². The number of hydrogen-bond donors (Lipinski definition) is 3. The van der Waals surface area contributed by atoms with Gasteiger partial charge in [-0.3, -0.25) is 10.2 Å². The Morgan fingerprint density at radius 2 is 1.78 bits per heavy atom. The molecule has 1 aliphatic heterocycles. The lowest BCUT2D eigenvalue weighted by molar-refractivity contribution is 0.0854. The Kier molecular flexibility index (Phi) is 6.81. The molecule has 2 heterocycles. The van der Waals surface area contributed by atoms with E-state index in [1.807, 2.05) is 41.0 Å². The number of ether oxygens (including phenoxy) is 1. The molecule has 4 N–H and O–H groups in total. The third-order valence-corrected chi connectivity index (χ3v) is 7.01. The summed E-state index contributed by atoms with van der Waals surface area (Å²) in [5.41, 5.74) is 8.90. The van der Waals surface area contributed by atoms with Crippen molar-refractivity contribution < 1.29 is 14.3 Å². The molecule has 190 valence electrons. The largest absolute Gasteiger partial charge is 0.450 e. The fourth-order valence-electron chi connectivity index (χ4n) is 5.06. The lowest BCUT2D eigenvalue weighted by atomic mass is 10.0. The zero-order valence-electron chi connectivity index (χ0n) is 20.9. The number of fused-ring (bicyclic) bond motifs is 2. The van der Waals surface area contributed by atoms with Gasteiger partial charge in [0, 0.05) is 42.1 Å². The summed E-state index contributed by atoms with van der Waals surface area (Å²) in [5, 5.41) is 14.3. The van der Waals surface area contributed by atoms with Crippen molar-refractivity contribution in [2.75, 3.05) is 19.7 Å². The molecule has 0 saturated carbocycles. The Morgan fingerprint density at radius 3 is 2.54 bits per heavy atom. The Morgan fingerprint density at radius 1 is 1.03 bits per heavy atom. The van der Waals surface area contributed by atoms with Crippen molar-refractivity contribution in [1.82, 2.24) is 14.8 Å². The first-order chi connectivity index (χ1) is 17.9. The van der Waals surface area contributed by atoms with Gasteiger partial charge in [-0.25, -0.2) is 4.79 Å². The van der Waals surface area contributed by atoms with Crippen LogP contribution in [0.5, 0.6) is 0 Å². The van der Waals surface area contributed by atoms with Crippen molar-refractivity contribution in [2.45, 2.75) is 32.4 Å². The van der Waals surface area contributed by atoms with Gasteiger partial charge in [0.25, 0.3) is 5.91 Å². The molecule has 4 aromatic rings. The van der Waals surface area contributed by atoms with Crippen LogP contribution in [-0.2, 0) is 11.3 Å². The molecule has 0 unspecified atom stereocenters. The number of amidine groups is 1. The van der Waals surface area contributed by atoms with Gasteiger partial charge in [0.05, 0.1) is 6.61 Å². The standard InChI is InChI=1S/C29H31N5O3/c1-2-37-29(36)33-14-12-23(13-15-33)32-28(35)26-16-20-10-11-21(27(30)31)17-25(20)34(26)18-22-8-5-7-19-6-3-4-9-24(19)22/h3-11,16-17,23H,2,12-15,18H2,1H3,(H3,30,31)(H,32,35). The van der Waals surface area contributed by atoms with Crippen LogP contribution in [0, 0.1) is 5.41 Å². The summed E-state index contributed by atoms with van der Waals surface area (Å²) in [5.74, 6) is -0.172. The van der Waals surface area contributed by atoms with E-state index in [2.05, 4.69) is 29.6 Å². The van der Waals surface area contributed by atoms with Crippen LogP contribution in [0.3, 0.4) is 0 Å². The van der Waals surface area contributed by atoms with Crippen molar-refractivity contribution in [2.24, 2.45) is 5.73 Å². The van der Waals surface area contributed by atoms with E-state index in [-0.39, 0.29) is 23.9 Å². The van der Waals surface area contributed by atoms with E-state index in [9.17, 15) is 9.59 Å². The highest BCUT2D eigenvalue weighted by atomic mass is 16.6. The number of nitrogens with two attached hydrogens (primary N) is 1. The number of amides is 2. The van der Waals surface area contributed by atoms with Gasteiger partial charge >= 0.3 is 6.09 Å². The van der Waals surface area contributed by atoms with Crippen LogP contribution in [0.4, 0.5) is 4.79 Å². The summed E-state index contributed by atoms with van der Waals surface area (Å²) in [6.07, 6.45) is 1.04. The maximum absolute atomic E-state index is 13.6. The maximum Gasteiger partial charge on any atom is 0.409 e. The van der Waals surface area contributed by atoms with Crippen LogP contribution >= 0.6 is 0 Å². The van der Waals surface area contributed by atoms with E-state index in [1.54, 1.807) is 17.9 Å². The lowest BCUT2D eigenvalue weighted by Gasteiger charge is -2.31. The number of piperidine rings is 1. The van der Waals surface area contributed by atoms with Crippen molar-refractivity contribution in [3.8, 4) is 0 Å². The first kappa shape index (κ1) is 24.4. The zero-order chi connectivity index (χ0) is 25.9. The van der Waals surface area contributed by atoms with Crippen LogP contribution in [0.2, 0.25) is 0 Å². The molecule has 0 radical (unpaired) electrons.